The second-order valence-electron chi connectivity index (χ2n) is 2.50. The summed E-state index contributed by atoms with van der Waals surface area (Å²) in [6.07, 6.45) is 4.62. The Labute approximate surface area is 76.8 Å². The summed E-state index contributed by atoms with van der Waals surface area (Å²) < 4.78 is 4.94. The van der Waals surface area contributed by atoms with Gasteiger partial charge in [0.05, 0.1) is 12.3 Å². The van der Waals surface area contributed by atoms with Crippen LogP contribution in [0.3, 0.4) is 0 Å². The SMILES string of the molecule is CC=N/C(=C\N)C1=CCOCC1=O. The summed E-state index contributed by atoms with van der Waals surface area (Å²) in [5.41, 5.74) is 6.40. The Hall–Kier alpha value is -1.42. The molecule has 0 spiro atoms. The molecule has 0 aromatic rings. The molecule has 0 bridgehead atoms. The third kappa shape index (κ3) is 2.26. The van der Waals surface area contributed by atoms with Crippen LogP contribution in [0.4, 0.5) is 0 Å². The molecule has 0 radical (unpaired) electrons. The third-order valence-electron chi connectivity index (χ3n) is 1.64. The maximum absolute atomic E-state index is 11.3. The van der Waals surface area contributed by atoms with Crippen LogP contribution < -0.4 is 5.73 Å². The van der Waals surface area contributed by atoms with Crippen molar-refractivity contribution in [2.75, 3.05) is 13.2 Å². The Morgan fingerprint density at radius 3 is 3.08 bits per heavy atom. The van der Waals surface area contributed by atoms with E-state index in [9.17, 15) is 4.79 Å². The van der Waals surface area contributed by atoms with Gasteiger partial charge in [0.15, 0.2) is 5.78 Å². The standard InChI is InChI=1S/C9H12N2O2/c1-2-11-8(5-10)7-3-4-13-6-9(7)12/h2-3,5H,4,6,10H2,1H3/b8-5-,11-2?. The Morgan fingerprint density at radius 2 is 2.54 bits per heavy atom. The van der Waals surface area contributed by atoms with Crippen molar-refractivity contribution in [3.8, 4) is 0 Å². The highest BCUT2D eigenvalue weighted by molar-refractivity contribution is 6.01. The van der Waals surface area contributed by atoms with Gasteiger partial charge in [-0.2, -0.15) is 0 Å². The molecule has 4 nitrogen and oxygen atoms in total. The summed E-state index contributed by atoms with van der Waals surface area (Å²) in [4.78, 5) is 15.3. The zero-order chi connectivity index (χ0) is 9.68. The lowest BCUT2D eigenvalue weighted by molar-refractivity contribution is -0.120. The first-order chi connectivity index (χ1) is 6.29. The second kappa shape index (κ2) is 4.57. The van der Waals surface area contributed by atoms with Crippen molar-refractivity contribution in [3.05, 3.63) is 23.5 Å². The summed E-state index contributed by atoms with van der Waals surface area (Å²) >= 11 is 0. The van der Waals surface area contributed by atoms with Gasteiger partial charge in [-0.1, -0.05) is 0 Å². The molecule has 0 saturated heterocycles. The van der Waals surface area contributed by atoms with E-state index in [-0.39, 0.29) is 12.4 Å². The molecule has 0 aromatic carbocycles. The van der Waals surface area contributed by atoms with E-state index < -0.39 is 0 Å². The molecule has 2 N–H and O–H groups in total. The van der Waals surface area contributed by atoms with E-state index in [1.54, 1.807) is 19.2 Å². The molecule has 70 valence electrons. The number of hydrogen-bond donors (Lipinski definition) is 1. The minimum atomic E-state index is -0.0754. The number of nitrogens with two attached hydrogens (primary N) is 1. The van der Waals surface area contributed by atoms with Crippen molar-refractivity contribution in [1.82, 2.24) is 0 Å². The van der Waals surface area contributed by atoms with Gasteiger partial charge in [0, 0.05) is 18.0 Å². The van der Waals surface area contributed by atoms with Crippen LogP contribution in [0.25, 0.3) is 0 Å². The average molecular weight is 180 g/mol. The number of aliphatic imine (C=N–C) groups is 1. The molecule has 0 aliphatic carbocycles. The van der Waals surface area contributed by atoms with Crippen LogP contribution in [0.15, 0.2) is 28.5 Å². The van der Waals surface area contributed by atoms with Gasteiger partial charge in [-0.3, -0.25) is 9.79 Å². The van der Waals surface area contributed by atoms with Gasteiger partial charge < -0.3 is 10.5 Å². The van der Waals surface area contributed by atoms with Crippen LogP contribution in [0.2, 0.25) is 0 Å². The zero-order valence-corrected chi connectivity index (χ0v) is 7.49. The quantitative estimate of drug-likeness (QED) is 0.626. The summed E-state index contributed by atoms with van der Waals surface area (Å²) in [6.45, 7) is 2.33. The predicted molar refractivity (Wildman–Crippen MR) is 50.3 cm³/mol. The molecule has 1 aliphatic rings. The first-order valence-electron chi connectivity index (χ1n) is 4.01. The lowest BCUT2D eigenvalue weighted by atomic mass is 10.1. The van der Waals surface area contributed by atoms with E-state index in [1.165, 1.54) is 6.20 Å². The molecule has 1 heterocycles. The van der Waals surface area contributed by atoms with Crippen molar-refractivity contribution in [2.45, 2.75) is 6.92 Å². The lowest BCUT2D eigenvalue weighted by Gasteiger charge is -2.11. The van der Waals surface area contributed by atoms with Gasteiger partial charge in [-0.15, -0.1) is 0 Å². The topological polar surface area (TPSA) is 64.7 Å². The van der Waals surface area contributed by atoms with Crippen molar-refractivity contribution >= 4 is 12.0 Å². The van der Waals surface area contributed by atoms with Crippen molar-refractivity contribution in [1.29, 1.82) is 0 Å². The molecule has 13 heavy (non-hydrogen) atoms. The van der Waals surface area contributed by atoms with Crippen molar-refractivity contribution in [2.24, 2.45) is 10.7 Å². The fourth-order valence-electron chi connectivity index (χ4n) is 1.07. The first kappa shape index (κ1) is 9.67. The van der Waals surface area contributed by atoms with E-state index in [0.717, 1.165) is 0 Å². The van der Waals surface area contributed by atoms with Gasteiger partial charge in [-0.25, -0.2) is 0 Å². The van der Waals surface area contributed by atoms with E-state index in [1.807, 2.05) is 0 Å². The number of carbonyl (C=O) groups excluding carboxylic acids is 1. The summed E-state index contributed by atoms with van der Waals surface area (Å²) in [6, 6.07) is 0. The largest absolute Gasteiger partial charge is 0.403 e. The highest BCUT2D eigenvalue weighted by Crippen LogP contribution is 2.14. The Kier molecular flexibility index (Phi) is 3.40. The maximum Gasteiger partial charge on any atom is 0.190 e. The van der Waals surface area contributed by atoms with E-state index >= 15 is 0 Å². The van der Waals surface area contributed by atoms with Crippen molar-refractivity contribution in [3.63, 3.8) is 0 Å². The second-order valence-corrected chi connectivity index (χ2v) is 2.50. The molecule has 0 fully saturated rings. The molecule has 0 unspecified atom stereocenters. The number of hydrogen-bond acceptors (Lipinski definition) is 4. The first-order valence-corrected chi connectivity index (χ1v) is 4.01. The number of rotatable bonds is 2. The van der Waals surface area contributed by atoms with Crippen LogP contribution in [0.1, 0.15) is 6.92 Å². The van der Waals surface area contributed by atoms with Crippen LogP contribution in [-0.4, -0.2) is 25.2 Å². The zero-order valence-electron chi connectivity index (χ0n) is 7.49. The molecule has 0 atom stereocenters. The highest BCUT2D eigenvalue weighted by Gasteiger charge is 2.16. The molecular weight excluding hydrogens is 168 g/mol. The van der Waals surface area contributed by atoms with Gasteiger partial charge in [0.25, 0.3) is 0 Å². The van der Waals surface area contributed by atoms with Gasteiger partial charge in [0.2, 0.25) is 0 Å². The molecule has 0 saturated carbocycles. The van der Waals surface area contributed by atoms with Gasteiger partial charge in [0.1, 0.15) is 6.61 Å². The number of Topliss-reactive ketones (excluding diaryl/α,β-unsaturated/α-hetero) is 1. The number of allylic oxidation sites excluding steroid dienone is 1. The molecule has 0 amide bonds. The highest BCUT2D eigenvalue weighted by atomic mass is 16.5. The summed E-state index contributed by atoms with van der Waals surface area (Å²) in [5, 5.41) is 0. The number of ketones is 1. The third-order valence-corrected chi connectivity index (χ3v) is 1.64. The van der Waals surface area contributed by atoms with E-state index in [2.05, 4.69) is 4.99 Å². The number of ether oxygens (including phenoxy) is 1. The van der Waals surface area contributed by atoms with E-state index in [0.29, 0.717) is 17.9 Å². The average Bonchev–Trinajstić information content (AvgIpc) is 2.16. The fourth-order valence-corrected chi connectivity index (χ4v) is 1.07. The monoisotopic (exact) mass is 180 g/mol. The maximum atomic E-state index is 11.3. The van der Waals surface area contributed by atoms with Crippen LogP contribution in [0, 0.1) is 0 Å². The number of carbonyl (C=O) groups is 1. The minimum Gasteiger partial charge on any atom is -0.403 e. The Balaban J connectivity index is 2.91. The fraction of sp³-hybridized carbons (Fsp3) is 0.333. The van der Waals surface area contributed by atoms with E-state index in [4.69, 9.17) is 10.5 Å². The van der Waals surface area contributed by atoms with Gasteiger partial charge >= 0.3 is 0 Å². The van der Waals surface area contributed by atoms with Crippen molar-refractivity contribution < 1.29 is 9.53 Å². The molecule has 1 rings (SSSR count). The number of nitrogens with zero attached hydrogens (tertiary/aromatic N) is 1. The van der Waals surface area contributed by atoms with Crippen LogP contribution in [0.5, 0.6) is 0 Å². The Morgan fingerprint density at radius 1 is 1.77 bits per heavy atom. The Bertz CT molecular complexity index is 290. The van der Waals surface area contributed by atoms with Crippen LogP contribution >= 0.6 is 0 Å². The summed E-state index contributed by atoms with van der Waals surface area (Å²) in [7, 11) is 0. The van der Waals surface area contributed by atoms with Crippen LogP contribution in [-0.2, 0) is 9.53 Å². The molecule has 1 aliphatic heterocycles. The lowest BCUT2D eigenvalue weighted by Crippen LogP contribution is -2.18. The normalized spacial score (nSPS) is 19.3. The summed E-state index contributed by atoms with van der Waals surface area (Å²) in [5.74, 6) is -0.0754. The minimum absolute atomic E-state index is 0.0754. The van der Waals surface area contributed by atoms with Gasteiger partial charge in [-0.05, 0) is 13.0 Å². The molecular formula is C9H12N2O2. The smallest absolute Gasteiger partial charge is 0.190 e. The molecule has 4 heteroatoms. The predicted octanol–water partition coefficient (Wildman–Crippen LogP) is 0.403. The molecule has 0 aromatic heterocycles.